The SMILES string of the molecule is COC1CCN(S(=O)(=O)c2c(Cl)ccc3nc(C(C)(C)C)oc23)CC1. The van der Waals surface area contributed by atoms with Gasteiger partial charge in [-0.2, -0.15) is 4.31 Å². The van der Waals surface area contributed by atoms with Crippen molar-refractivity contribution in [3.8, 4) is 0 Å². The zero-order chi connectivity index (χ0) is 18.4. The summed E-state index contributed by atoms with van der Waals surface area (Å²) in [4.78, 5) is 4.45. The first-order chi connectivity index (χ1) is 11.6. The summed E-state index contributed by atoms with van der Waals surface area (Å²) in [5, 5.41) is 0.151. The van der Waals surface area contributed by atoms with Crippen LogP contribution < -0.4 is 0 Å². The molecule has 0 atom stereocenters. The summed E-state index contributed by atoms with van der Waals surface area (Å²) in [6.45, 7) is 6.68. The largest absolute Gasteiger partial charge is 0.439 e. The van der Waals surface area contributed by atoms with Gasteiger partial charge in [0.25, 0.3) is 0 Å². The molecule has 0 unspecified atom stereocenters. The number of nitrogens with zero attached hydrogens (tertiary/aromatic N) is 2. The first kappa shape index (κ1) is 18.6. The van der Waals surface area contributed by atoms with Crippen molar-refractivity contribution in [2.45, 2.75) is 50.0 Å². The van der Waals surface area contributed by atoms with Gasteiger partial charge in [-0.15, -0.1) is 0 Å². The van der Waals surface area contributed by atoms with Crippen LogP contribution in [0.15, 0.2) is 21.4 Å². The van der Waals surface area contributed by atoms with Gasteiger partial charge in [0.2, 0.25) is 15.9 Å². The van der Waals surface area contributed by atoms with Gasteiger partial charge in [0.1, 0.15) is 10.4 Å². The minimum atomic E-state index is -3.77. The molecule has 0 bridgehead atoms. The van der Waals surface area contributed by atoms with Gasteiger partial charge in [-0.25, -0.2) is 13.4 Å². The van der Waals surface area contributed by atoms with E-state index in [0.717, 1.165) is 0 Å². The van der Waals surface area contributed by atoms with Gasteiger partial charge in [-0.1, -0.05) is 32.4 Å². The predicted molar refractivity (Wildman–Crippen MR) is 96.5 cm³/mol. The van der Waals surface area contributed by atoms with Gasteiger partial charge in [0.05, 0.1) is 11.1 Å². The van der Waals surface area contributed by atoms with E-state index in [1.54, 1.807) is 19.2 Å². The molecule has 25 heavy (non-hydrogen) atoms. The van der Waals surface area contributed by atoms with Crippen LogP contribution in [0.3, 0.4) is 0 Å². The van der Waals surface area contributed by atoms with Crippen molar-refractivity contribution in [1.82, 2.24) is 9.29 Å². The molecule has 1 aliphatic heterocycles. The molecule has 0 radical (unpaired) electrons. The summed E-state index contributed by atoms with van der Waals surface area (Å²) in [5.41, 5.74) is 0.398. The van der Waals surface area contributed by atoms with Crippen LogP contribution in [0, 0.1) is 0 Å². The molecule has 2 aromatic rings. The lowest BCUT2D eigenvalue weighted by Gasteiger charge is -2.30. The number of rotatable bonds is 3. The monoisotopic (exact) mass is 386 g/mol. The van der Waals surface area contributed by atoms with Crippen LogP contribution in [0.2, 0.25) is 5.02 Å². The maximum atomic E-state index is 13.2. The Hall–Kier alpha value is -1.15. The molecule has 1 aromatic carbocycles. The number of halogens is 1. The number of methoxy groups -OCH3 is 1. The third kappa shape index (κ3) is 3.43. The van der Waals surface area contributed by atoms with Gasteiger partial charge in [-0.3, -0.25) is 0 Å². The molecule has 0 saturated carbocycles. The molecule has 1 fully saturated rings. The fourth-order valence-corrected chi connectivity index (χ4v) is 5.03. The van der Waals surface area contributed by atoms with Crippen LogP contribution in [0.4, 0.5) is 0 Å². The highest BCUT2D eigenvalue weighted by molar-refractivity contribution is 7.89. The van der Waals surface area contributed by atoms with Crippen molar-refractivity contribution in [2.75, 3.05) is 20.2 Å². The standard InChI is InChI=1S/C17H23ClN2O4S/c1-17(2,3)16-19-13-6-5-12(18)15(14(13)24-16)25(21,22)20-9-7-11(23-4)8-10-20/h5-6,11H,7-10H2,1-4H3. The lowest BCUT2D eigenvalue weighted by molar-refractivity contribution is 0.0604. The molecular formula is C17H23ClN2O4S. The van der Waals surface area contributed by atoms with E-state index < -0.39 is 10.0 Å². The second kappa shape index (κ2) is 6.54. The van der Waals surface area contributed by atoms with Crippen LogP contribution in [0.1, 0.15) is 39.5 Å². The van der Waals surface area contributed by atoms with E-state index in [9.17, 15) is 8.42 Å². The maximum Gasteiger partial charge on any atom is 0.248 e. The van der Waals surface area contributed by atoms with Crippen LogP contribution in [-0.4, -0.2) is 44.0 Å². The molecule has 2 heterocycles. The van der Waals surface area contributed by atoms with Crippen LogP contribution >= 0.6 is 11.6 Å². The number of hydrogen-bond acceptors (Lipinski definition) is 5. The molecule has 1 saturated heterocycles. The third-order valence-electron chi connectivity index (χ3n) is 4.44. The number of hydrogen-bond donors (Lipinski definition) is 0. The Morgan fingerprint density at radius 2 is 1.92 bits per heavy atom. The summed E-state index contributed by atoms with van der Waals surface area (Å²) >= 11 is 6.27. The summed E-state index contributed by atoms with van der Waals surface area (Å²) in [6.07, 6.45) is 1.41. The second-order valence-electron chi connectivity index (χ2n) is 7.33. The van der Waals surface area contributed by atoms with E-state index in [1.165, 1.54) is 4.31 Å². The number of piperidine rings is 1. The maximum absolute atomic E-state index is 13.2. The normalized spacial score (nSPS) is 18.1. The predicted octanol–water partition coefficient (Wildman–Crippen LogP) is 3.58. The van der Waals surface area contributed by atoms with Crippen molar-refractivity contribution >= 4 is 32.7 Å². The van der Waals surface area contributed by atoms with Gasteiger partial charge in [0, 0.05) is 25.6 Å². The summed E-state index contributed by atoms with van der Waals surface area (Å²) in [5.74, 6) is 0.485. The Bertz CT molecular complexity index is 878. The van der Waals surface area contributed by atoms with Gasteiger partial charge >= 0.3 is 0 Å². The molecular weight excluding hydrogens is 364 g/mol. The minimum absolute atomic E-state index is 0.00512. The Balaban J connectivity index is 2.08. The first-order valence-electron chi connectivity index (χ1n) is 8.27. The van der Waals surface area contributed by atoms with Crippen molar-refractivity contribution in [3.63, 3.8) is 0 Å². The Kier molecular flexibility index (Phi) is 4.87. The van der Waals surface area contributed by atoms with E-state index in [4.69, 9.17) is 20.8 Å². The fourth-order valence-electron chi connectivity index (χ4n) is 2.94. The molecule has 1 aliphatic rings. The van der Waals surface area contributed by atoms with E-state index in [0.29, 0.717) is 37.3 Å². The molecule has 3 rings (SSSR count). The van der Waals surface area contributed by atoms with Crippen molar-refractivity contribution in [3.05, 3.63) is 23.0 Å². The van der Waals surface area contributed by atoms with Crippen molar-refractivity contribution in [1.29, 1.82) is 0 Å². The Labute approximate surface area is 153 Å². The average Bonchev–Trinajstić information content (AvgIpc) is 2.98. The molecule has 0 amide bonds. The van der Waals surface area contributed by atoms with E-state index >= 15 is 0 Å². The number of oxazole rings is 1. The summed E-state index contributed by atoms with van der Waals surface area (Å²) in [6, 6.07) is 3.25. The number of aromatic nitrogens is 1. The van der Waals surface area contributed by atoms with E-state index in [1.807, 2.05) is 20.8 Å². The lowest BCUT2D eigenvalue weighted by atomic mass is 9.97. The Morgan fingerprint density at radius 3 is 2.48 bits per heavy atom. The summed E-state index contributed by atoms with van der Waals surface area (Å²) in [7, 11) is -2.12. The van der Waals surface area contributed by atoms with Crippen LogP contribution in [0.25, 0.3) is 11.1 Å². The second-order valence-corrected chi connectivity index (χ2v) is 9.61. The zero-order valence-electron chi connectivity index (χ0n) is 14.9. The third-order valence-corrected chi connectivity index (χ3v) is 6.83. The molecule has 0 aliphatic carbocycles. The number of benzene rings is 1. The van der Waals surface area contributed by atoms with Gasteiger partial charge < -0.3 is 9.15 Å². The molecule has 138 valence electrons. The molecule has 0 spiro atoms. The number of fused-ring (bicyclic) bond motifs is 1. The summed E-state index contributed by atoms with van der Waals surface area (Å²) < 4.78 is 39.0. The molecule has 8 heteroatoms. The Morgan fingerprint density at radius 1 is 1.28 bits per heavy atom. The van der Waals surface area contributed by atoms with Gasteiger partial charge in [-0.05, 0) is 25.0 Å². The quantitative estimate of drug-likeness (QED) is 0.806. The van der Waals surface area contributed by atoms with E-state index in [-0.39, 0.29) is 27.0 Å². The van der Waals surface area contributed by atoms with E-state index in [2.05, 4.69) is 4.98 Å². The van der Waals surface area contributed by atoms with Crippen molar-refractivity contribution < 1.29 is 17.6 Å². The molecule has 1 aromatic heterocycles. The average molecular weight is 387 g/mol. The minimum Gasteiger partial charge on any atom is -0.439 e. The van der Waals surface area contributed by atoms with Crippen LogP contribution in [-0.2, 0) is 20.2 Å². The van der Waals surface area contributed by atoms with Crippen molar-refractivity contribution in [2.24, 2.45) is 0 Å². The van der Waals surface area contributed by atoms with Gasteiger partial charge in [0.15, 0.2) is 5.58 Å². The number of sulfonamides is 1. The van der Waals surface area contributed by atoms with Crippen LogP contribution in [0.5, 0.6) is 0 Å². The highest BCUT2D eigenvalue weighted by Crippen LogP contribution is 2.36. The highest BCUT2D eigenvalue weighted by atomic mass is 35.5. The fraction of sp³-hybridized carbons (Fsp3) is 0.588. The highest BCUT2D eigenvalue weighted by Gasteiger charge is 2.34. The number of ether oxygens (including phenoxy) is 1. The lowest BCUT2D eigenvalue weighted by Crippen LogP contribution is -2.40. The molecule has 6 nitrogen and oxygen atoms in total. The molecule has 0 N–H and O–H groups in total. The first-order valence-corrected chi connectivity index (χ1v) is 10.1. The topological polar surface area (TPSA) is 72.6 Å². The zero-order valence-corrected chi connectivity index (χ0v) is 16.4. The smallest absolute Gasteiger partial charge is 0.248 e.